The molecule has 0 saturated heterocycles. The van der Waals surface area contributed by atoms with Crippen molar-refractivity contribution >= 4 is 29.0 Å². The fourth-order valence-corrected chi connectivity index (χ4v) is 4.46. The molecule has 8 heteroatoms. The number of rotatable bonds is 11. The molecule has 164 valence electrons. The Bertz CT molecular complexity index is 946. The quantitative estimate of drug-likeness (QED) is 0.376. The number of ether oxygens (including phenoxy) is 2. The zero-order valence-corrected chi connectivity index (χ0v) is 19.6. The zero-order valence-electron chi connectivity index (χ0n) is 18.0. The molecular formula is C23H27N3O3S2. The molecule has 0 radical (unpaired) electrons. The Morgan fingerprint density at radius 1 is 1.06 bits per heavy atom. The van der Waals surface area contributed by atoms with Crippen LogP contribution in [0, 0.1) is 0 Å². The third-order valence-electron chi connectivity index (χ3n) is 4.32. The number of benzene rings is 2. The van der Waals surface area contributed by atoms with Gasteiger partial charge >= 0.3 is 0 Å². The van der Waals surface area contributed by atoms with Gasteiger partial charge in [0.05, 0.1) is 11.9 Å². The first-order chi connectivity index (χ1) is 15.0. The van der Waals surface area contributed by atoms with E-state index < -0.39 is 0 Å². The zero-order chi connectivity index (χ0) is 22.1. The summed E-state index contributed by atoms with van der Waals surface area (Å²) in [6.45, 7) is 7.61. The summed E-state index contributed by atoms with van der Waals surface area (Å²) < 4.78 is 12.1. The van der Waals surface area contributed by atoms with E-state index in [1.54, 1.807) is 0 Å². The molecule has 0 aliphatic carbocycles. The highest BCUT2D eigenvalue weighted by Crippen LogP contribution is 2.28. The number of hydrogen-bond acceptors (Lipinski definition) is 7. The summed E-state index contributed by atoms with van der Waals surface area (Å²) in [6, 6.07) is 18.0. The van der Waals surface area contributed by atoms with Gasteiger partial charge in [0.2, 0.25) is 5.91 Å². The maximum absolute atomic E-state index is 12.7. The van der Waals surface area contributed by atoms with Gasteiger partial charge in [0.25, 0.3) is 5.19 Å². The van der Waals surface area contributed by atoms with Gasteiger partial charge in [-0.15, -0.1) is 5.10 Å². The minimum atomic E-state index is 0.0538. The van der Waals surface area contributed by atoms with Crippen LogP contribution in [0.15, 0.2) is 58.9 Å². The fourth-order valence-electron chi connectivity index (χ4n) is 2.75. The maximum atomic E-state index is 12.7. The van der Waals surface area contributed by atoms with Crippen molar-refractivity contribution in [3.8, 4) is 10.9 Å². The molecule has 1 heterocycles. The number of carbonyl (C=O) groups is 1. The highest BCUT2D eigenvalue weighted by Gasteiger charge is 2.15. The third-order valence-corrected chi connectivity index (χ3v) is 6.26. The second kappa shape index (κ2) is 11.7. The molecule has 1 aromatic heterocycles. The first-order valence-corrected chi connectivity index (χ1v) is 12.0. The Hall–Kier alpha value is -2.58. The molecule has 3 rings (SSSR count). The van der Waals surface area contributed by atoms with Gasteiger partial charge in [-0.2, -0.15) is 0 Å². The molecule has 1 amide bonds. The van der Waals surface area contributed by atoms with Gasteiger partial charge < -0.3 is 14.4 Å². The first kappa shape index (κ1) is 23.1. The topological polar surface area (TPSA) is 64.5 Å². The van der Waals surface area contributed by atoms with Crippen LogP contribution in [0.1, 0.15) is 31.9 Å². The smallest absolute Gasteiger partial charge is 0.295 e. The van der Waals surface area contributed by atoms with Crippen molar-refractivity contribution in [2.75, 3.05) is 12.3 Å². The van der Waals surface area contributed by atoms with Crippen LogP contribution in [0.5, 0.6) is 10.9 Å². The van der Waals surface area contributed by atoms with Crippen LogP contribution in [0.25, 0.3) is 0 Å². The maximum Gasteiger partial charge on any atom is 0.295 e. The number of hydrogen-bond donors (Lipinski definition) is 0. The van der Waals surface area contributed by atoms with E-state index in [1.807, 2.05) is 80.3 Å². The van der Waals surface area contributed by atoms with Crippen molar-refractivity contribution in [1.82, 2.24) is 15.1 Å². The van der Waals surface area contributed by atoms with E-state index in [0.717, 1.165) is 21.2 Å². The van der Waals surface area contributed by atoms with Gasteiger partial charge in [-0.05, 0) is 55.4 Å². The molecule has 0 saturated carbocycles. The van der Waals surface area contributed by atoms with Crippen LogP contribution in [0.4, 0.5) is 0 Å². The van der Waals surface area contributed by atoms with Crippen LogP contribution in [0.3, 0.4) is 0 Å². The minimum Gasteiger partial charge on any atom is -0.489 e. The SMILES string of the molecule is CCN(Cc1ccc(OCc2ccccc2)cc1)C(=O)CSc1nnc(OC(C)C)s1. The van der Waals surface area contributed by atoms with Gasteiger partial charge in [0.15, 0.2) is 4.34 Å². The van der Waals surface area contributed by atoms with Crippen molar-refractivity contribution in [2.24, 2.45) is 0 Å². The van der Waals surface area contributed by atoms with Gasteiger partial charge in [0, 0.05) is 13.1 Å². The molecule has 0 N–H and O–H groups in total. The molecule has 0 spiro atoms. The molecule has 0 bridgehead atoms. The summed E-state index contributed by atoms with van der Waals surface area (Å²) in [5.41, 5.74) is 2.20. The van der Waals surface area contributed by atoms with Crippen molar-refractivity contribution in [2.45, 2.75) is 44.4 Å². The molecule has 3 aromatic rings. The molecule has 0 aliphatic rings. The van der Waals surface area contributed by atoms with Crippen molar-refractivity contribution in [3.63, 3.8) is 0 Å². The second-order valence-corrected chi connectivity index (χ2v) is 9.28. The summed E-state index contributed by atoms with van der Waals surface area (Å²) in [6.07, 6.45) is 0.0538. The van der Waals surface area contributed by atoms with Gasteiger partial charge in [-0.1, -0.05) is 59.3 Å². The summed E-state index contributed by atoms with van der Waals surface area (Å²) >= 11 is 2.76. The van der Waals surface area contributed by atoms with E-state index in [9.17, 15) is 4.79 Å². The van der Waals surface area contributed by atoms with Gasteiger partial charge in [-0.3, -0.25) is 4.79 Å². The molecular weight excluding hydrogens is 430 g/mol. The molecule has 0 fully saturated rings. The number of nitrogens with zero attached hydrogens (tertiary/aromatic N) is 3. The van der Waals surface area contributed by atoms with E-state index in [1.165, 1.54) is 23.1 Å². The van der Waals surface area contributed by atoms with Crippen LogP contribution in [-0.2, 0) is 17.9 Å². The molecule has 0 atom stereocenters. The highest BCUT2D eigenvalue weighted by atomic mass is 32.2. The lowest BCUT2D eigenvalue weighted by Crippen LogP contribution is -2.31. The van der Waals surface area contributed by atoms with E-state index in [2.05, 4.69) is 10.2 Å². The Morgan fingerprint density at radius 2 is 1.81 bits per heavy atom. The van der Waals surface area contributed by atoms with Crippen LogP contribution in [0.2, 0.25) is 0 Å². The third kappa shape index (κ3) is 7.56. The predicted molar refractivity (Wildman–Crippen MR) is 125 cm³/mol. The average molecular weight is 458 g/mol. The Balaban J connectivity index is 1.48. The van der Waals surface area contributed by atoms with Crippen molar-refractivity contribution in [1.29, 1.82) is 0 Å². The van der Waals surface area contributed by atoms with E-state index >= 15 is 0 Å². The summed E-state index contributed by atoms with van der Waals surface area (Å²) in [7, 11) is 0. The number of thioether (sulfide) groups is 1. The molecule has 6 nitrogen and oxygen atoms in total. The molecule has 0 unspecified atom stereocenters. The lowest BCUT2D eigenvalue weighted by molar-refractivity contribution is -0.128. The standard InChI is InChI=1S/C23H27N3O3S2/c1-4-26(21(27)16-30-23-25-24-22(31-23)29-17(2)3)14-18-10-12-20(13-11-18)28-15-19-8-6-5-7-9-19/h5-13,17H,4,14-16H2,1-3H3. The predicted octanol–water partition coefficient (Wildman–Crippen LogP) is 5.05. The Labute approximate surface area is 191 Å². The van der Waals surface area contributed by atoms with E-state index in [4.69, 9.17) is 9.47 Å². The molecule has 0 aliphatic heterocycles. The summed E-state index contributed by atoms with van der Waals surface area (Å²) in [5.74, 6) is 1.20. The van der Waals surface area contributed by atoms with Crippen LogP contribution < -0.4 is 9.47 Å². The summed E-state index contributed by atoms with van der Waals surface area (Å²) in [4.78, 5) is 14.5. The minimum absolute atomic E-state index is 0.0538. The van der Waals surface area contributed by atoms with Crippen LogP contribution in [-0.4, -0.2) is 39.4 Å². The number of carbonyl (C=O) groups excluding carboxylic acids is 1. The first-order valence-electron chi connectivity index (χ1n) is 10.2. The normalized spacial score (nSPS) is 10.8. The van der Waals surface area contributed by atoms with Crippen LogP contribution >= 0.6 is 23.1 Å². The number of aromatic nitrogens is 2. The Kier molecular flexibility index (Phi) is 8.73. The number of amides is 1. The average Bonchev–Trinajstić information content (AvgIpc) is 3.22. The molecule has 2 aromatic carbocycles. The van der Waals surface area contributed by atoms with Crippen molar-refractivity contribution in [3.05, 3.63) is 65.7 Å². The highest BCUT2D eigenvalue weighted by molar-refractivity contribution is 8.01. The van der Waals surface area contributed by atoms with Crippen molar-refractivity contribution < 1.29 is 14.3 Å². The molecule has 31 heavy (non-hydrogen) atoms. The lowest BCUT2D eigenvalue weighted by Gasteiger charge is -2.20. The lowest BCUT2D eigenvalue weighted by atomic mass is 10.2. The van der Waals surface area contributed by atoms with Gasteiger partial charge in [0.1, 0.15) is 12.4 Å². The van der Waals surface area contributed by atoms with E-state index in [0.29, 0.717) is 30.6 Å². The second-order valence-electron chi connectivity index (χ2n) is 7.12. The monoisotopic (exact) mass is 457 g/mol. The fraction of sp³-hybridized carbons (Fsp3) is 0.348. The summed E-state index contributed by atoms with van der Waals surface area (Å²) in [5, 5.41) is 8.61. The Morgan fingerprint density at radius 3 is 2.48 bits per heavy atom. The van der Waals surface area contributed by atoms with Gasteiger partial charge in [-0.25, -0.2) is 0 Å². The van der Waals surface area contributed by atoms with E-state index in [-0.39, 0.29) is 12.0 Å². The largest absolute Gasteiger partial charge is 0.489 e.